The Kier molecular flexibility index (Phi) is 11.5. The molecule has 0 spiro atoms. The van der Waals surface area contributed by atoms with Crippen molar-refractivity contribution in [3.05, 3.63) is 65.4 Å². The van der Waals surface area contributed by atoms with Crippen LogP contribution in [-0.2, 0) is 11.2 Å². The molecule has 1 aliphatic carbocycles. The van der Waals surface area contributed by atoms with E-state index in [2.05, 4.69) is 50.2 Å². The van der Waals surface area contributed by atoms with Gasteiger partial charge in [0.15, 0.2) is 0 Å². The van der Waals surface area contributed by atoms with Gasteiger partial charge in [0, 0.05) is 17.3 Å². The molecule has 1 N–H and O–H groups in total. The number of hydrogen-bond acceptors (Lipinski definition) is 2. The molecule has 2 aromatic rings. The lowest BCUT2D eigenvalue weighted by Gasteiger charge is -2.29. The Morgan fingerprint density at radius 2 is 1.57 bits per heavy atom. The number of aryl methyl sites for hydroxylation is 1. The van der Waals surface area contributed by atoms with Crippen LogP contribution >= 0.6 is 0 Å². The Morgan fingerprint density at radius 3 is 2.20 bits per heavy atom. The van der Waals surface area contributed by atoms with Gasteiger partial charge in [0.2, 0.25) is 0 Å². The number of unbranched alkanes of at least 4 members (excludes halogenated alkanes) is 7. The van der Waals surface area contributed by atoms with Gasteiger partial charge in [-0.2, -0.15) is 0 Å². The van der Waals surface area contributed by atoms with Gasteiger partial charge in [-0.15, -0.1) is 0 Å². The number of allylic oxidation sites excluding steroid dienone is 1. The number of carboxylic acids is 1. The summed E-state index contributed by atoms with van der Waals surface area (Å²) in [4.78, 5) is 16.6. The second-order valence-electron chi connectivity index (χ2n) is 10.3. The maximum absolute atomic E-state index is 11.9. The van der Waals surface area contributed by atoms with Crippen LogP contribution < -0.4 is 0 Å². The van der Waals surface area contributed by atoms with Crippen LogP contribution in [0.4, 0.5) is 0 Å². The highest BCUT2D eigenvalue weighted by molar-refractivity contribution is 5.87. The second-order valence-corrected chi connectivity index (χ2v) is 10.3. The molecule has 0 unspecified atom stereocenters. The molecule has 1 aromatic carbocycles. The first-order chi connectivity index (χ1) is 17.1. The fraction of sp³-hybridized carbons (Fsp3) is 0.562. The van der Waals surface area contributed by atoms with Crippen molar-refractivity contribution in [3.63, 3.8) is 0 Å². The minimum Gasteiger partial charge on any atom is -0.478 e. The van der Waals surface area contributed by atoms with Gasteiger partial charge < -0.3 is 5.11 Å². The molecule has 35 heavy (non-hydrogen) atoms. The number of carbonyl (C=O) groups is 1. The highest BCUT2D eigenvalue weighted by atomic mass is 16.4. The summed E-state index contributed by atoms with van der Waals surface area (Å²) in [5.41, 5.74) is 5.56. The van der Waals surface area contributed by atoms with Gasteiger partial charge >= 0.3 is 5.97 Å². The smallest absolute Gasteiger partial charge is 0.331 e. The molecule has 1 aliphatic rings. The number of hydrogen-bond donors (Lipinski definition) is 1. The molecular formula is C32H45NO2. The van der Waals surface area contributed by atoms with Crippen LogP contribution in [0, 0.1) is 5.92 Å². The van der Waals surface area contributed by atoms with Crippen LogP contribution in [0.2, 0.25) is 0 Å². The Balaban J connectivity index is 1.51. The van der Waals surface area contributed by atoms with E-state index in [1.54, 1.807) is 0 Å². The molecular weight excluding hydrogens is 430 g/mol. The number of rotatable bonds is 14. The summed E-state index contributed by atoms with van der Waals surface area (Å²) in [7, 11) is 0. The van der Waals surface area contributed by atoms with E-state index in [1.165, 1.54) is 56.1 Å². The summed E-state index contributed by atoms with van der Waals surface area (Å²) in [6, 6.07) is 13.3. The van der Waals surface area contributed by atoms with Crippen molar-refractivity contribution in [1.29, 1.82) is 0 Å². The van der Waals surface area contributed by atoms with E-state index in [0.717, 1.165) is 56.2 Å². The van der Waals surface area contributed by atoms with E-state index >= 15 is 0 Å². The van der Waals surface area contributed by atoms with Gasteiger partial charge in [0.05, 0.1) is 5.69 Å². The molecule has 1 heterocycles. The monoisotopic (exact) mass is 475 g/mol. The SMILES string of the molecule is CCCCCCCC=C(C(=O)O)C1CCC(c2ccc(-c3ccc(CCCCC)cn3)cc2)CC1. The minimum atomic E-state index is -0.713. The van der Waals surface area contributed by atoms with Crippen molar-refractivity contribution in [1.82, 2.24) is 4.98 Å². The second kappa shape index (κ2) is 14.9. The summed E-state index contributed by atoms with van der Waals surface area (Å²) in [6.45, 7) is 4.45. The number of nitrogens with zero attached hydrogens (tertiary/aromatic N) is 1. The summed E-state index contributed by atoms with van der Waals surface area (Å²) >= 11 is 0. The van der Waals surface area contributed by atoms with Crippen molar-refractivity contribution in [3.8, 4) is 11.3 Å². The fourth-order valence-corrected chi connectivity index (χ4v) is 5.42. The van der Waals surface area contributed by atoms with E-state index in [4.69, 9.17) is 4.98 Å². The molecule has 0 atom stereocenters. The molecule has 0 saturated heterocycles. The normalized spacial score (nSPS) is 18.5. The Labute approximate surface area is 213 Å². The Hall–Kier alpha value is -2.42. The van der Waals surface area contributed by atoms with Crippen molar-refractivity contribution in [2.45, 2.75) is 110 Å². The maximum Gasteiger partial charge on any atom is 0.331 e. The fourth-order valence-electron chi connectivity index (χ4n) is 5.42. The average molecular weight is 476 g/mol. The maximum atomic E-state index is 11.9. The largest absolute Gasteiger partial charge is 0.478 e. The van der Waals surface area contributed by atoms with Crippen LogP contribution in [0.5, 0.6) is 0 Å². The van der Waals surface area contributed by atoms with Crippen LogP contribution in [0.25, 0.3) is 11.3 Å². The molecule has 190 valence electrons. The summed E-state index contributed by atoms with van der Waals surface area (Å²) in [5.74, 6) is 0.0206. The predicted molar refractivity (Wildman–Crippen MR) is 147 cm³/mol. The lowest BCUT2D eigenvalue weighted by atomic mass is 9.75. The highest BCUT2D eigenvalue weighted by Gasteiger charge is 2.27. The first-order valence-corrected chi connectivity index (χ1v) is 14.1. The molecule has 1 saturated carbocycles. The molecule has 3 nitrogen and oxygen atoms in total. The predicted octanol–water partition coefficient (Wildman–Crippen LogP) is 9.13. The standard InChI is InChI=1S/C32H45NO2/c1-3-5-7-8-9-11-13-30(32(34)35)28-19-15-26(16-20-28)27-17-21-29(22-18-27)31-23-14-25(24-33-31)12-10-6-4-2/h13-14,17-18,21-24,26,28H,3-12,15-16,19-20H2,1-2H3,(H,34,35). The van der Waals surface area contributed by atoms with Crippen LogP contribution in [0.15, 0.2) is 54.2 Å². The zero-order valence-corrected chi connectivity index (χ0v) is 22.0. The van der Waals surface area contributed by atoms with Crippen LogP contribution in [-0.4, -0.2) is 16.1 Å². The number of pyridine rings is 1. The van der Waals surface area contributed by atoms with Gasteiger partial charge in [-0.05, 0) is 80.4 Å². The highest BCUT2D eigenvalue weighted by Crippen LogP contribution is 2.39. The van der Waals surface area contributed by atoms with Crippen molar-refractivity contribution in [2.24, 2.45) is 5.92 Å². The number of benzene rings is 1. The van der Waals surface area contributed by atoms with Crippen LogP contribution in [0.3, 0.4) is 0 Å². The van der Waals surface area contributed by atoms with E-state index in [9.17, 15) is 9.90 Å². The van der Waals surface area contributed by atoms with E-state index in [1.807, 2.05) is 12.3 Å². The van der Waals surface area contributed by atoms with E-state index in [0.29, 0.717) is 11.5 Å². The van der Waals surface area contributed by atoms with Gasteiger partial charge in [-0.25, -0.2) is 4.79 Å². The molecule has 0 aliphatic heterocycles. The molecule has 0 radical (unpaired) electrons. The molecule has 0 amide bonds. The first-order valence-electron chi connectivity index (χ1n) is 14.1. The summed E-state index contributed by atoms with van der Waals surface area (Å²) < 4.78 is 0. The number of aromatic nitrogens is 1. The average Bonchev–Trinajstić information content (AvgIpc) is 2.89. The topological polar surface area (TPSA) is 50.2 Å². The third-order valence-electron chi connectivity index (χ3n) is 7.66. The summed E-state index contributed by atoms with van der Waals surface area (Å²) in [5, 5.41) is 9.78. The van der Waals surface area contributed by atoms with Gasteiger partial charge in [-0.3, -0.25) is 4.98 Å². The van der Waals surface area contributed by atoms with E-state index < -0.39 is 5.97 Å². The van der Waals surface area contributed by atoms with E-state index in [-0.39, 0.29) is 5.92 Å². The van der Waals surface area contributed by atoms with Crippen molar-refractivity contribution >= 4 is 5.97 Å². The molecule has 0 bridgehead atoms. The van der Waals surface area contributed by atoms with Crippen molar-refractivity contribution < 1.29 is 9.90 Å². The minimum absolute atomic E-state index is 0.207. The van der Waals surface area contributed by atoms with Crippen molar-refractivity contribution in [2.75, 3.05) is 0 Å². The zero-order valence-electron chi connectivity index (χ0n) is 22.0. The molecule has 1 fully saturated rings. The summed E-state index contributed by atoms with van der Waals surface area (Å²) in [6.07, 6.45) is 20.0. The number of carboxylic acid groups (broad SMARTS) is 1. The lowest BCUT2D eigenvalue weighted by Crippen LogP contribution is -2.19. The zero-order chi connectivity index (χ0) is 24.9. The first kappa shape index (κ1) is 27.2. The third kappa shape index (κ3) is 8.63. The Bertz CT molecular complexity index is 906. The van der Waals surface area contributed by atoms with Gasteiger partial charge in [-0.1, -0.05) is 88.8 Å². The number of aliphatic carboxylic acids is 1. The third-order valence-corrected chi connectivity index (χ3v) is 7.66. The van der Waals surface area contributed by atoms with Crippen LogP contribution in [0.1, 0.15) is 114 Å². The Morgan fingerprint density at radius 1 is 0.886 bits per heavy atom. The van der Waals surface area contributed by atoms with Gasteiger partial charge in [0.25, 0.3) is 0 Å². The van der Waals surface area contributed by atoms with Gasteiger partial charge in [0.1, 0.15) is 0 Å². The lowest BCUT2D eigenvalue weighted by molar-refractivity contribution is -0.133. The quantitative estimate of drug-likeness (QED) is 0.219. The molecule has 3 heteroatoms. The molecule has 1 aromatic heterocycles. The molecule has 3 rings (SSSR count).